The fraction of sp³-hybridized carbons (Fsp3) is 0.349. The van der Waals surface area contributed by atoms with Crippen LogP contribution in [0, 0.1) is 37.5 Å². The minimum Gasteiger partial charge on any atom is -0.481 e. The third kappa shape index (κ3) is 6.18. The topological polar surface area (TPSA) is 165 Å². The summed E-state index contributed by atoms with van der Waals surface area (Å²) in [6.07, 6.45) is 4.15. The molecule has 1 saturated carbocycles. The fourth-order valence-electron chi connectivity index (χ4n) is 8.63. The van der Waals surface area contributed by atoms with Crippen LogP contribution < -0.4 is 5.32 Å². The molecule has 2 aliphatic heterocycles. The third-order valence-corrected chi connectivity index (χ3v) is 12.0. The second-order valence-corrected chi connectivity index (χ2v) is 15.9. The second kappa shape index (κ2) is 12.9. The number of aliphatic hydroxyl groups is 1. The summed E-state index contributed by atoms with van der Waals surface area (Å²) < 4.78 is 6.31. The molecule has 1 unspecified atom stereocenters. The Bertz CT molecular complexity index is 2600. The first-order valence-corrected chi connectivity index (χ1v) is 18.8. The van der Waals surface area contributed by atoms with Gasteiger partial charge in [-0.25, -0.2) is 15.0 Å². The molecule has 2 saturated heterocycles. The van der Waals surface area contributed by atoms with E-state index < -0.39 is 17.0 Å². The number of hydrogen-bond donors (Lipinski definition) is 3. The van der Waals surface area contributed by atoms with E-state index in [-0.39, 0.29) is 6.04 Å². The summed E-state index contributed by atoms with van der Waals surface area (Å²) in [6.45, 7) is 11.1. The minimum atomic E-state index is -0.784. The summed E-state index contributed by atoms with van der Waals surface area (Å²) in [5.41, 5.74) is 9.39. The van der Waals surface area contributed by atoms with Crippen molar-refractivity contribution >= 4 is 39.6 Å². The monoisotopic (exact) mass is 734 g/mol. The number of nitrogens with one attached hydrogen (secondary N) is 1. The lowest BCUT2D eigenvalue weighted by atomic mass is 9.90. The van der Waals surface area contributed by atoms with E-state index in [1.807, 2.05) is 49.5 Å². The molecule has 6 aromatic rings. The molecule has 0 bridgehead atoms. The number of piperidine rings is 1. The molecule has 12 nitrogen and oxygen atoms in total. The first-order chi connectivity index (χ1) is 26.4. The maximum Gasteiger partial charge on any atom is 0.310 e. The van der Waals surface area contributed by atoms with Crippen LogP contribution in [0.3, 0.4) is 0 Å². The number of nitrogens with zero attached hydrogens (tertiary/aromatic N) is 7. The molecule has 55 heavy (non-hydrogen) atoms. The van der Waals surface area contributed by atoms with Crippen LogP contribution in [0.15, 0.2) is 65.2 Å². The number of carboxylic acid groups (broad SMARTS) is 1. The van der Waals surface area contributed by atoms with Crippen molar-refractivity contribution in [3.63, 3.8) is 0 Å². The molecule has 0 radical (unpaired) electrons. The average molecular weight is 735 g/mol. The Morgan fingerprint density at radius 3 is 2.45 bits per heavy atom. The van der Waals surface area contributed by atoms with Gasteiger partial charge in [0.2, 0.25) is 5.89 Å². The number of likely N-dealkylation sites (tertiary alicyclic amines) is 2. The van der Waals surface area contributed by atoms with E-state index in [1.54, 1.807) is 6.92 Å². The maximum atomic E-state index is 11.8. The number of pyridine rings is 1. The average Bonchev–Trinajstić information content (AvgIpc) is 3.41. The lowest BCUT2D eigenvalue weighted by molar-refractivity contribution is -0.147. The summed E-state index contributed by atoms with van der Waals surface area (Å²) in [7, 11) is 0. The van der Waals surface area contributed by atoms with Gasteiger partial charge in [-0.15, -0.1) is 0 Å². The van der Waals surface area contributed by atoms with Crippen molar-refractivity contribution in [2.75, 3.05) is 25.0 Å². The summed E-state index contributed by atoms with van der Waals surface area (Å²) >= 11 is 0. The van der Waals surface area contributed by atoms with Crippen LogP contribution in [0.5, 0.6) is 0 Å². The number of carbonyl (C=O) groups is 1. The van der Waals surface area contributed by atoms with Crippen LogP contribution in [-0.4, -0.2) is 77.2 Å². The van der Waals surface area contributed by atoms with Gasteiger partial charge in [0.05, 0.1) is 22.1 Å². The largest absolute Gasteiger partial charge is 0.481 e. The minimum absolute atomic E-state index is 0.249. The number of carboxylic acids is 1. The Hall–Kier alpha value is -5.74. The van der Waals surface area contributed by atoms with E-state index in [2.05, 4.69) is 53.2 Å². The van der Waals surface area contributed by atoms with Crippen LogP contribution in [0.2, 0.25) is 0 Å². The molecule has 3 aromatic carbocycles. The van der Waals surface area contributed by atoms with Crippen molar-refractivity contribution in [1.82, 2.24) is 29.7 Å². The molecule has 3 fully saturated rings. The Morgan fingerprint density at radius 1 is 0.964 bits per heavy atom. The van der Waals surface area contributed by atoms with Crippen LogP contribution in [0.4, 0.5) is 11.5 Å². The van der Waals surface area contributed by atoms with Crippen LogP contribution in [0.1, 0.15) is 59.8 Å². The van der Waals surface area contributed by atoms with Crippen LogP contribution in [-0.2, 0) is 17.9 Å². The van der Waals surface area contributed by atoms with E-state index in [9.17, 15) is 20.3 Å². The normalized spacial score (nSPS) is 22.3. The van der Waals surface area contributed by atoms with Crippen molar-refractivity contribution in [3.05, 3.63) is 94.4 Å². The lowest BCUT2D eigenvalue weighted by Gasteiger charge is -2.20. The van der Waals surface area contributed by atoms with Crippen LogP contribution in [0.25, 0.3) is 44.7 Å². The van der Waals surface area contributed by atoms with E-state index in [4.69, 9.17) is 24.4 Å². The Kier molecular flexibility index (Phi) is 8.23. The maximum absolute atomic E-state index is 11.8. The van der Waals surface area contributed by atoms with Gasteiger partial charge < -0.3 is 19.9 Å². The van der Waals surface area contributed by atoms with Crippen molar-refractivity contribution < 1.29 is 19.4 Å². The third-order valence-electron chi connectivity index (χ3n) is 12.0. The number of fused-ring (bicyclic) bond motifs is 3. The second-order valence-electron chi connectivity index (χ2n) is 15.9. The van der Waals surface area contributed by atoms with Crippen LogP contribution >= 0.6 is 0 Å². The molecule has 3 N–H and O–H groups in total. The van der Waals surface area contributed by atoms with Crippen molar-refractivity contribution in [2.45, 2.75) is 71.7 Å². The van der Waals surface area contributed by atoms with Gasteiger partial charge in [-0.3, -0.25) is 19.6 Å². The van der Waals surface area contributed by atoms with Gasteiger partial charge in [-0.05, 0) is 117 Å². The van der Waals surface area contributed by atoms with Crippen molar-refractivity contribution in [1.29, 1.82) is 5.26 Å². The smallest absolute Gasteiger partial charge is 0.310 e. The molecule has 5 heterocycles. The zero-order valence-corrected chi connectivity index (χ0v) is 31.3. The molecule has 12 heteroatoms. The number of anilines is 2. The number of aromatic nitrogens is 4. The lowest BCUT2D eigenvalue weighted by Crippen LogP contribution is -2.31. The van der Waals surface area contributed by atoms with E-state index in [0.717, 1.165) is 76.1 Å². The fourth-order valence-corrected chi connectivity index (χ4v) is 8.63. The highest BCUT2D eigenvalue weighted by atomic mass is 16.4. The van der Waals surface area contributed by atoms with Crippen molar-refractivity contribution in [3.8, 4) is 28.7 Å². The summed E-state index contributed by atoms with van der Waals surface area (Å²) in [4.78, 5) is 35.4. The number of aryl methyl sites for hydroxylation is 1. The molecule has 1 aliphatic carbocycles. The zero-order valence-electron chi connectivity index (χ0n) is 31.3. The number of oxazole rings is 1. The van der Waals surface area contributed by atoms with Gasteiger partial charge in [-0.2, -0.15) is 5.26 Å². The Labute approximate surface area is 318 Å². The molecular formula is C43H42N8O4. The molecule has 0 spiro atoms. The highest BCUT2D eigenvalue weighted by molar-refractivity contribution is 5.90. The number of hydrogen-bond acceptors (Lipinski definition) is 11. The predicted molar refractivity (Wildman–Crippen MR) is 208 cm³/mol. The first kappa shape index (κ1) is 35.0. The van der Waals surface area contributed by atoms with Gasteiger partial charge in [0, 0.05) is 49.7 Å². The molecule has 3 aliphatic rings. The first-order valence-electron chi connectivity index (χ1n) is 18.8. The molecule has 9 rings (SSSR count). The molecule has 3 aromatic heterocycles. The molecular weight excluding hydrogens is 693 g/mol. The number of aliphatic carboxylic acids is 1. The van der Waals surface area contributed by atoms with Gasteiger partial charge in [0.1, 0.15) is 22.9 Å². The van der Waals surface area contributed by atoms with E-state index in [1.165, 1.54) is 0 Å². The highest BCUT2D eigenvalue weighted by Crippen LogP contribution is 2.49. The number of nitriles is 1. The van der Waals surface area contributed by atoms with E-state index in [0.29, 0.717) is 65.8 Å². The quantitative estimate of drug-likeness (QED) is 0.139. The van der Waals surface area contributed by atoms with Gasteiger partial charge in [0.25, 0.3) is 0 Å². The van der Waals surface area contributed by atoms with Gasteiger partial charge in [0.15, 0.2) is 11.4 Å². The van der Waals surface area contributed by atoms with Crippen molar-refractivity contribution in [2.24, 2.45) is 5.41 Å². The summed E-state index contributed by atoms with van der Waals surface area (Å²) in [6, 6.07) is 20.6. The standard InChI is InChI=1S/C43H42N8O4/c1-24-30(7-5-9-32(24)40-49-35-16-27(15-29(19-44)38(35)55-40)21-50-13-11-42(4,23-50)41(52)53)31-8-6-10-33(25(31)2)48-39-37-34(46-26(3)47-39)17-28(20-45-37)22-51-14-12-43(54)18-36(43)51/h5-10,15-17,20,36,54H,11-14,18,21-23H2,1-4H3,(H,52,53)(H,46,47,48)/t36?,42-,43+/m1/s1. The number of benzene rings is 3. The summed E-state index contributed by atoms with van der Waals surface area (Å²) in [5.74, 6) is 0.928. The van der Waals surface area contributed by atoms with Gasteiger partial charge >= 0.3 is 5.97 Å². The molecule has 3 atom stereocenters. The van der Waals surface area contributed by atoms with Gasteiger partial charge in [-0.1, -0.05) is 24.3 Å². The molecule has 278 valence electrons. The number of rotatable bonds is 9. The predicted octanol–water partition coefficient (Wildman–Crippen LogP) is 7.05. The zero-order chi connectivity index (χ0) is 38.2. The Balaban J connectivity index is 0.994. The Morgan fingerprint density at radius 2 is 1.73 bits per heavy atom. The summed E-state index contributed by atoms with van der Waals surface area (Å²) in [5, 5.41) is 33.8. The highest BCUT2D eigenvalue weighted by Gasteiger charge is 2.60. The molecule has 0 amide bonds. The van der Waals surface area contributed by atoms with E-state index >= 15 is 0 Å². The SMILES string of the molecule is Cc1nc(Nc2cccc(-c3cccc(-c4nc5cc(CN6CC[C@@](C)(C(=O)O)C6)cc(C#N)c5o4)c3C)c2C)c2ncc(CN3CC[C@]4(O)CC34)cc2n1.